The number of nitrogens with zero attached hydrogens (tertiary/aromatic N) is 1. The molecule has 1 fully saturated rings. The average Bonchev–Trinajstić information content (AvgIpc) is 2.78. The van der Waals surface area contributed by atoms with Crippen LogP contribution in [0.2, 0.25) is 5.02 Å². The molecule has 1 aliphatic heterocycles. The molecule has 2 rings (SSSR count). The fourth-order valence-corrected chi connectivity index (χ4v) is 3.60. The van der Waals surface area contributed by atoms with E-state index in [4.69, 9.17) is 22.1 Å². The molecule has 0 amide bonds. The van der Waals surface area contributed by atoms with Gasteiger partial charge in [0.25, 0.3) is 0 Å². The van der Waals surface area contributed by atoms with Gasteiger partial charge in [-0.3, -0.25) is 4.90 Å². The zero-order chi connectivity index (χ0) is 12.3. The summed E-state index contributed by atoms with van der Waals surface area (Å²) >= 11 is 7.67. The van der Waals surface area contributed by atoms with Gasteiger partial charge in [0.1, 0.15) is 0 Å². The Labute approximate surface area is 112 Å². The monoisotopic (exact) mass is 274 g/mol. The molecule has 1 aliphatic rings. The number of methoxy groups -OCH3 is 1. The lowest BCUT2D eigenvalue weighted by molar-refractivity contribution is 0.0285. The summed E-state index contributed by atoms with van der Waals surface area (Å²) in [5.74, 6) is 0. The fourth-order valence-electron chi connectivity index (χ4n) is 2.37. The number of piperidine rings is 1. The average molecular weight is 275 g/mol. The van der Waals surface area contributed by atoms with Crippen molar-refractivity contribution in [2.75, 3.05) is 26.7 Å². The number of hydrogen-bond donors (Lipinski definition) is 1. The predicted octanol–water partition coefficient (Wildman–Crippen LogP) is 2.51. The Morgan fingerprint density at radius 2 is 2.29 bits per heavy atom. The lowest BCUT2D eigenvalue weighted by Crippen LogP contribution is -2.41. The van der Waals surface area contributed by atoms with E-state index in [1.807, 2.05) is 11.4 Å². The van der Waals surface area contributed by atoms with Gasteiger partial charge in [0.2, 0.25) is 0 Å². The van der Waals surface area contributed by atoms with Crippen LogP contribution in [0, 0.1) is 0 Å². The maximum absolute atomic E-state index is 5.98. The van der Waals surface area contributed by atoms with Crippen molar-refractivity contribution in [2.45, 2.75) is 25.0 Å². The Hall–Kier alpha value is -0.130. The number of thiophene rings is 1. The van der Waals surface area contributed by atoms with E-state index in [1.165, 1.54) is 4.88 Å². The number of halogens is 1. The van der Waals surface area contributed by atoms with E-state index in [9.17, 15) is 0 Å². The van der Waals surface area contributed by atoms with Gasteiger partial charge in [-0.2, -0.15) is 0 Å². The second kappa shape index (κ2) is 6.16. The molecule has 1 aromatic rings. The largest absolute Gasteiger partial charge is 0.381 e. The minimum atomic E-state index is 0.310. The van der Waals surface area contributed by atoms with Crippen molar-refractivity contribution in [3.05, 3.63) is 21.3 Å². The molecule has 96 valence electrons. The van der Waals surface area contributed by atoms with Crippen molar-refractivity contribution >= 4 is 22.9 Å². The maximum atomic E-state index is 5.98. The summed E-state index contributed by atoms with van der Waals surface area (Å²) in [6.45, 7) is 2.75. The Morgan fingerprint density at radius 3 is 2.76 bits per heavy atom. The van der Waals surface area contributed by atoms with Crippen LogP contribution < -0.4 is 5.73 Å². The number of hydrogen-bond acceptors (Lipinski definition) is 4. The first-order valence-electron chi connectivity index (χ1n) is 5.95. The summed E-state index contributed by atoms with van der Waals surface area (Å²) in [6.07, 6.45) is 2.59. The summed E-state index contributed by atoms with van der Waals surface area (Å²) in [6, 6.07) is 2.34. The lowest BCUT2D eigenvalue weighted by atomic mass is 10.0. The van der Waals surface area contributed by atoms with Gasteiger partial charge < -0.3 is 10.5 Å². The first-order valence-corrected chi connectivity index (χ1v) is 7.21. The maximum Gasteiger partial charge on any atom is 0.0595 e. The van der Waals surface area contributed by atoms with Crippen LogP contribution in [0.3, 0.4) is 0 Å². The number of nitrogens with two attached hydrogens (primary N) is 1. The van der Waals surface area contributed by atoms with Crippen LogP contribution in [-0.4, -0.2) is 37.7 Å². The van der Waals surface area contributed by atoms with Crippen molar-refractivity contribution in [3.63, 3.8) is 0 Å². The van der Waals surface area contributed by atoms with Crippen molar-refractivity contribution in [3.8, 4) is 0 Å². The van der Waals surface area contributed by atoms with Crippen LogP contribution in [0.4, 0.5) is 0 Å². The predicted molar refractivity (Wildman–Crippen MR) is 72.7 cm³/mol. The zero-order valence-corrected chi connectivity index (χ0v) is 11.6. The third-order valence-corrected chi connectivity index (χ3v) is 4.77. The van der Waals surface area contributed by atoms with E-state index in [0.29, 0.717) is 18.7 Å². The third kappa shape index (κ3) is 3.20. The van der Waals surface area contributed by atoms with E-state index in [0.717, 1.165) is 31.0 Å². The van der Waals surface area contributed by atoms with Crippen LogP contribution >= 0.6 is 22.9 Å². The third-order valence-electron chi connectivity index (χ3n) is 3.39. The van der Waals surface area contributed by atoms with Crippen LogP contribution in [-0.2, 0) is 4.74 Å². The van der Waals surface area contributed by atoms with Crippen molar-refractivity contribution in [1.82, 2.24) is 4.90 Å². The molecule has 0 aliphatic carbocycles. The highest BCUT2D eigenvalue weighted by Crippen LogP contribution is 2.30. The molecule has 0 spiro atoms. The number of likely N-dealkylation sites (tertiary alicyclic amines) is 1. The van der Waals surface area contributed by atoms with E-state index < -0.39 is 0 Å². The molecule has 2 heterocycles. The Morgan fingerprint density at radius 1 is 1.59 bits per heavy atom. The summed E-state index contributed by atoms with van der Waals surface area (Å²) in [4.78, 5) is 3.71. The van der Waals surface area contributed by atoms with Gasteiger partial charge in [0.15, 0.2) is 0 Å². The minimum absolute atomic E-state index is 0.310. The van der Waals surface area contributed by atoms with Gasteiger partial charge in [-0.05, 0) is 18.9 Å². The van der Waals surface area contributed by atoms with E-state index in [2.05, 4.69) is 4.90 Å². The number of rotatable bonds is 4. The second-order valence-corrected chi connectivity index (χ2v) is 5.77. The molecular formula is C12H19ClN2OS. The minimum Gasteiger partial charge on any atom is -0.381 e. The normalized spacial score (nSPS) is 20.6. The SMILES string of the molecule is COC1CCN(C(CN)c2cc(Cl)cs2)CC1. The molecular weight excluding hydrogens is 256 g/mol. The Balaban J connectivity index is 2.00. The van der Waals surface area contributed by atoms with Gasteiger partial charge in [0, 0.05) is 37.0 Å². The van der Waals surface area contributed by atoms with Crippen LogP contribution in [0.1, 0.15) is 23.8 Å². The van der Waals surface area contributed by atoms with Crippen molar-refractivity contribution < 1.29 is 4.74 Å². The standard InChI is InChI=1S/C12H19ClN2OS/c1-16-10-2-4-15(5-3-10)11(7-14)12-6-9(13)8-17-12/h6,8,10-11H,2-5,7,14H2,1H3. The highest BCUT2D eigenvalue weighted by molar-refractivity contribution is 7.10. The zero-order valence-electron chi connectivity index (χ0n) is 10.1. The Bertz CT molecular complexity index is 350. The van der Waals surface area contributed by atoms with Crippen LogP contribution in [0.5, 0.6) is 0 Å². The van der Waals surface area contributed by atoms with E-state index >= 15 is 0 Å². The topological polar surface area (TPSA) is 38.5 Å². The van der Waals surface area contributed by atoms with Crippen LogP contribution in [0.25, 0.3) is 0 Å². The molecule has 5 heteroatoms. The summed E-state index contributed by atoms with van der Waals surface area (Å²) in [5.41, 5.74) is 5.90. The molecule has 3 nitrogen and oxygen atoms in total. The van der Waals surface area contributed by atoms with E-state index in [-0.39, 0.29) is 0 Å². The smallest absolute Gasteiger partial charge is 0.0595 e. The van der Waals surface area contributed by atoms with E-state index in [1.54, 1.807) is 18.4 Å². The molecule has 2 N–H and O–H groups in total. The molecule has 1 unspecified atom stereocenters. The van der Waals surface area contributed by atoms with Crippen molar-refractivity contribution in [1.29, 1.82) is 0 Å². The summed E-state index contributed by atoms with van der Waals surface area (Å²) in [7, 11) is 1.79. The van der Waals surface area contributed by atoms with Crippen LogP contribution in [0.15, 0.2) is 11.4 Å². The second-order valence-electron chi connectivity index (χ2n) is 4.39. The van der Waals surface area contributed by atoms with Gasteiger partial charge in [-0.1, -0.05) is 11.6 Å². The van der Waals surface area contributed by atoms with Crippen molar-refractivity contribution in [2.24, 2.45) is 5.73 Å². The molecule has 0 bridgehead atoms. The summed E-state index contributed by atoms with van der Waals surface area (Å²) in [5, 5.41) is 2.79. The van der Waals surface area contributed by atoms with Gasteiger partial charge in [-0.25, -0.2) is 0 Å². The van der Waals surface area contributed by atoms with Gasteiger partial charge in [0.05, 0.1) is 17.2 Å². The first kappa shape index (κ1) is 13.3. The highest BCUT2D eigenvalue weighted by Gasteiger charge is 2.25. The lowest BCUT2D eigenvalue weighted by Gasteiger charge is -2.36. The molecule has 0 saturated carbocycles. The molecule has 1 aromatic heterocycles. The number of ether oxygens (including phenoxy) is 1. The molecule has 1 atom stereocenters. The first-order chi connectivity index (χ1) is 8.24. The fraction of sp³-hybridized carbons (Fsp3) is 0.667. The Kier molecular flexibility index (Phi) is 4.82. The molecule has 1 saturated heterocycles. The summed E-state index contributed by atoms with van der Waals surface area (Å²) < 4.78 is 5.39. The molecule has 0 aromatic carbocycles. The molecule has 17 heavy (non-hydrogen) atoms. The van der Waals surface area contributed by atoms with Gasteiger partial charge >= 0.3 is 0 Å². The molecule has 0 radical (unpaired) electrons. The highest BCUT2D eigenvalue weighted by atomic mass is 35.5. The quantitative estimate of drug-likeness (QED) is 0.917. The van der Waals surface area contributed by atoms with Gasteiger partial charge in [-0.15, -0.1) is 11.3 Å².